The van der Waals surface area contributed by atoms with Crippen LogP contribution < -0.4 is 10.2 Å². The minimum atomic E-state index is -0.112. The van der Waals surface area contributed by atoms with E-state index < -0.39 is 0 Å². The van der Waals surface area contributed by atoms with E-state index in [9.17, 15) is 4.79 Å². The van der Waals surface area contributed by atoms with Crippen molar-refractivity contribution >= 4 is 17.3 Å². The molecule has 0 bridgehead atoms. The molecule has 2 aromatic rings. The van der Waals surface area contributed by atoms with Crippen LogP contribution in [0.2, 0.25) is 0 Å². The number of aromatic amines is 1. The number of nitrogens with one attached hydrogen (secondary N) is 2. The lowest BCUT2D eigenvalue weighted by molar-refractivity contribution is 0.102. The summed E-state index contributed by atoms with van der Waals surface area (Å²) < 4.78 is 0. The Bertz CT molecular complexity index is 581. The van der Waals surface area contributed by atoms with Crippen molar-refractivity contribution in [1.29, 1.82) is 0 Å². The molecular weight excluding hydrogens is 262 g/mol. The first kappa shape index (κ1) is 13.7. The van der Waals surface area contributed by atoms with Gasteiger partial charge < -0.3 is 15.2 Å². The van der Waals surface area contributed by atoms with Gasteiger partial charge in [-0.1, -0.05) is 6.92 Å². The monoisotopic (exact) mass is 283 g/mol. The fraction of sp³-hybridized carbons (Fsp3) is 0.353. The molecule has 110 valence electrons. The molecule has 1 saturated heterocycles. The maximum Gasteiger partial charge on any atom is 0.272 e. The summed E-state index contributed by atoms with van der Waals surface area (Å²) in [4.78, 5) is 17.3. The first-order chi connectivity index (χ1) is 10.2. The highest BCUT2D eigenvalue weighted by atomic mass is 16.1. The quantitative estimate of drug-likeness (QED) is 0.905. The van der Waals surface area contributed by atoms with Crippen LogP contribution in [0.5, 0.6) is 0 Å². The number of carbonyl (C=O) groups excluding carboxylic acids is 1. The lowest BCUT2D eigenvalue weighted by Crippen LogP contribution is -2.32. The topological polar surface area (TPSA) is 48.1 Å². The minimum absolute atomic E-state index is 0.112. The van der Waals surface area contributed by atoms with E-state index in [1.54, 1.807) is 12.3 Å². The van der Waals surface area contributed by atoms with Gasteiger partial charge in [-0.3, -0.25) is 4.79 Å². The molecule has 3 rings (SSSR count). The predicted octanol–water partition coefficient (Wildman–Crippen LogP) is 3.50. The van der Waals surface area contributed by atoms with E-state index in [0.29, 0.717) is 5.69 Å². The standard InChI is InChI=1S/C17H21N3O/c1-13-8-11-20(12-9-13)15-6-4-14(5-7-15)19-17(21)16-3-2-10-18-16/h2-7,10,13,18H,8-9,11-12H2,1H3,(H,19,21). The number of hydrogen-bond acceptors (Lipinski definition) is 2. The summed E-state index contributed by atoms with van der Waals surface area (Å²) in [5, 5.41) is 2.89. The second-order valence-corrected chi connectivity index (χ2v) is 5.75. The molecule has 0 atom stereocenters. The van der Waals surface area contributed by atoms with Gasteiger partial charge in [-0.2, -0.15) is 0 Å². The zero-order chi connectivity index (χ0) is 14.7. The number of H-pyrrole nitrogens is 1. The summed E-state index contributed by atoms with van der Waals surface area (Å²) in [7, 11) is 0. The SMILES string of the molecule is CC1CCN(c2ccc(NC(=O)c3ccc[nH]3)cc2)CC1. The Hall–Kier alpha value is -2.23. The Labute approximate surface area is 125 Å². The molecule has 0 radical (unpaired) electrons. The highest BCUT2D eigenvalue weighted by molar-refractivity contribution is 6.02. The van der Waals surface area contributed by atoms with Crippen LogP contribution >= 0.6 is 0 Å². The van der Waals surface area contributed by atoms with Crippen molar-refractivity contribution in [2.75, 3.05) is 23.3 Å². The van der Waals surface area contributed by atoms with Crippen LogP contribution in [0.3, 0.4) is 0 Å². The lowest BCUT2D eigenvalue weighted by Gasteiger charge is -2.32. The lowest BCUT2D eigenvalue weighted by atomic mass is 9.99. The first-order valence-electron chi connectivity index (χ1n) is 7.52. The summed E-state index contributed by atoms with van der Waals surface area (Å²) in [6, 6.07) is 11.7. The van der Waals surface area contributed by atoms with Crippen molar-refractivity contribution in [3.05, 3.63) is 48.3 Å². The van der Waals surface area contributed by atoms with Gasteiger partial charge in [-0.15, -0.1) is 0 Å². The molecule has 1 aromatic carbocycles. The Morgan fingerprint density at radius 3 is 2.52 bits per heavy atom. The third-order valence-electron chi connectivity index (χ3n) is 4.12. The molecule has 21 heavy (non-hydrogen) atoms. The summed E-state index contributed by atoms with van der Waals surface area (Å²) in [5.41, 5.74) is 2.63. The number of anilines is 2. The van der Waals surface area contributed by atoms with Crippen LogP contribution in [0.15, 0.2) is 42.6 Å². The van der Waals surface area contributed by atoms with E-state index in [-0.39, 0.29) is 5.91 Å². The summed E-state index contributed by atoms with van der Waals surface area (Å²) in [6.07, 6.45) is 4.26. The van der Waals surface area contributed by atoms with Crippen molar-refractivity contribution in [3.63, 3.8) is 0 Å². The maximum atomic E-state index is 11.9. The number of amides is 1. The third-order valence-corrected chi connectivity index (χ3v) is 4.12. The van der Waals surface area contributed by atoms with Crippen LogP contribution in [-0.2, 0) is 0 Å². The molecule has 0 unspecified atom stereocenters. The van der Waals surface area contributed by atoms with E-state index in [4.69, 9.17) is 0 Å². The largest absolute Gasteiger partial charge is 0.372 e. The van der Waals surface area contributed by atoms with Gasteiger partial charge in [0.05, 0.1) is 0 Å². The highest BCUT2D eigenvalue weighted by Gasteiger charge is 2.16. The second kappa shape index (κ2) is 6.04. The van der Waals surface area contributed by atoms with Gasteiger partial charge in [-0.25, -0.2) is 0 Å². The van der Waals surface area contributed by atoms with Gasteiger partial charge in [0.15, 0.2) is 0 Å². The van der Waals surface area contributed by atoms with Crippen LogP contribution in [0.25, 0.3) is 0 Å². The van der Waals surface area contributed by atoms with Crippen LogP contribution in [-0.4, -0.2) is 24.0 Å². The minimum Gasteiger partial charge on any atom is -0.372 e. The number of piperidine rings is 1. The van der Waals surface area contributed by atoms with Gasteiger partial charge in [0, 0.05) is 30.7 Å². The van der Waals surface area contributed by atoms with Crippen LogP contribution in [0, 0.1) is 5.92 Å². The molecule has 2 N–H and O–H groups in total. The fourth-order valence-electron chi connectivity index (χ4n) is 2.69. The average Bonchev–Trinajstić information content (AvgIpc) is 3.03. The third kappa shape index (κ3) is 3.27. The summed E-state index contributed by atoms with van der Waals surface area (Å²) >= 11 is 0. The van der Waals surface area contributed by atoms with Crippen molar-refractivity contribution in [2.24, 2.45) is 5.92 Å². The number of aromatic nitrogens is 1. The summed E-state index contributed by atoms with van der Waals surface area (Å²) in [5.74, 6) is 0.722. The molecule has 1 aromatic heterocycles. The number of nitrogens with zero attached hydrogens (tertiary/aromatic N) is 1. The van der Waals surface area contributed by atoms with Crippen molar-refractivity contribution in [1.82, 2.24) is 4.98 Å². The second-order valence-electron chi connectivity index (χ2n) is 5.75. The summed E-state index contributed by atoms with van der Waals surface area (Å²) in [6.45, 7) is 4.56. The first-order valence-corrected chi connectivity index (χ1v) is 7.52. The van der Waals surface area contributed by atoms with Gasteiger partial charge in [0.2, 0.25) is 0 Å². The fourth-order valence-corrected chi connectivity index (χ4v) is 2.69. The van der Waals surface area contributed by atoms with E-state index in [2.05, 4.69) is 34.3 Å². The number of carbonyl (C=O) groups is 1. The van der Waals surface area contributed by atoms with E-state index in [0.717, 1.165) is 24.7 Å². The molecule has 0 spiro atoms. The number of rotatable bonds is 3. The van der Waals surface area contributed by atoms with Gasteiger partial charge >= 0.3 is 0 Å². The van der Waals surface area contributed by atoms with E-state index in [1.807, 2.05) is 18.2 Å². The number of benzene rings is 1. The van der Waals surface area contributed by atoms with Crippen molar-refractivity contribution < 1.29 is 4.79 Å². The molecule has 1 amide bonds. The molecule has 4 nitrogen and oxygen atoms in total. The van der Waals surface area contributed by atoms with Crippen molar-refractivity contribution in [3.8, 4) is 0 Å². The van der Waals surface area contributed by atoms with Gasteiger partial charge in [-0.05, 0) is 55.2 Å². The Morgan fingerprint density at radius 1 is 1.19 bits per heavy atom. The maximum absolute atomic E-state index is 11.9. The van der Waals surface area contributed by atoms with Crippen molar-refractivity contribution in [2.45, 2.75) is 19.8 Å². The predicted molar refractivity (Wildman–Crippen MR) is 85.8 cm³/mol. The average molecular weight is 283 g/mol. The normalized spacial score (nSPS) is 16.0. The van der Waals surface area contributed by atoms with Gasteiger partial charge in [0.25, 0.3) is 5.91 Å². The molecule has 2 heterocycles. The molecular formula is C17H21N3O. The molecule has 1 fully saturated rings. The molecule has 0 aliphatic carbocycles. The molecule has 0 saturated carbocycles. The Balaban J connectivity index is 1.63. The molecule has 4 heteroatoms. The van der Waals surface area contributed by atoms with Crippen LogP contribution in [0.4, 0.5) is 11.4 Å². The zero-order valence-electron chi connectivity index (χ0n) is 12.3. The molecule has 1 aliphatic rings. The van der Waals surface area contributed by atoms with Crippen LogP contribution in [0.1, 0.15) is 30.3 Å². The van der Waals surface area contributed by atoms with E-state index >= 15 is 0 Å². The Kier molecular flexibility index (Phi) is 3.95. The van der Waals surface area contributed by atoms with E-state index in [1.165, 1.54) is 18.5 Å². The Morgan fingerprint density at radius 2 is 1.90 bits per heavy atom. The van der Waals surface area contributed by atoms with Gasteiger partial charge in [0.1, 0.15) is 5.69 Å². The highest BCUT2D eigenvalue weighted by Crippen LogP contribution is 2.24. The zero-order valence-corrected chi connectivity index (χ0v) is 12.3. The number of hydrogen-bond donors (Lipinski definition) is 2. The molecule has 1 aliphatic heterocycles. The smallest absolute Gasteiger partial charge is 0.272 e.